The fourth-order valence-electron chi connectivity index (χ4n) is 1.82. The highest BCUT2D eigenvalue weighted by Crippen LogP contribution is 2.14. The Hall–Kier alpha value is -1.06. The molecule has 17 heavy (non-hydrogen) atoms. The molecule has 1 aromatic rings. The van der Waals surface area contributed by atoms with E-state index in [2.05, 4.69) is 6.92 Å². The molecule has 0 aliphatic carbocycles. The lowest BCUT2D eigenvalue weighted by molar-refractivity contribution is -0.165. The fourth-order valence-corrected chi connectivity index (χ4v) is 1.82. The molecule has 0 spiro atoms. The highest BCUT2D eigenvalue weighted by molar-refractivity contribution is 5.29. The standard InChI is InChI=1S/C14H19O3/c1-12-5-4-6-13(11-12)15-9-10-17-14-7-2-3-8-16-14/h4-6,11,14H,1-3,7-10H2. The summed E-state index contributed by atoms with van der Waals surface area (Å²) in [6.07, 6.45) is 3.29. The van der Waals surface area contributed by atoms with E-state index in [1.807, 2.05) is 24.3 Å². The van der Waals surface area contributed by atoms with Crippen molar-refractivity contribution in [2.24, 2.45) is 0 Å². The number of hydrogen-bond donors (Lipinski definition) is 0. The summed E-state index contributed by atoms with van der Waals surface area (Å²) in [5.41, 5.74) is 0.957. The number of benzene rings is 1. The first kappa shape index (κ1) is 12.4. The quantitative estimate of drug-likeness (QED) is 0.734. The summed E-state index contributed by atoms with van der Waals surface area (Å²) < 4.78 is 16.6. The second-order valence-corrected chi connectivity index (χ2v) is 4.16. The molecule has 1 aliphatic rings. The Balaban J connectivity index is 1.62. The molecule has 1 aromatic carbocycles. The van der Waals surface area contributed by atoms with Gasteiger partial charge in [-0.15, -0.1) is 0 Å². The van der Waals surface area contributed by atoms with Crippen molar-refractivity contribution in [3.8, 4) is 5.75 Å². The summed E-state index contributed by atoms with van der Waals surface area (Å²) >= 11 is 0. The normalized spacial score (nSPS) is 20.2. The zero-order valence-corrected chi connectivity index (χ0v) is 10.1. The largest absolute Gasteiger partial charge is 0.491 e. The van der Waals surface area contributed by atoms with Crippen molar-refractivity contribution < 1.29 is 14.2 Å². The highest BCUT2D eigenvalue weighted by atomic mass is 16.7. The van der Waals surface area contributed by atoms with Gasteiger partial charge in [0.2, 0.25) is 0 Å². The van der Waals surface area contributed by atoms with Crippen molar-refractivity contribution >= 4 is 0 Å². The average Bonchev–Trinajstić information content (AvgIpc) is 2.36. The van der Waals surface area contributed by atoms with Crippen LogP contribution in [0.25, 0.3) is 0 Å². The lowest BCUT2D eigenvalue weighted by Gasteiger charge is -2.22. The van der Waals surface area contributed by atoms with Gasteiger partial charge < -0.3 is 14.2 Å². The lowest BCUT2D eigenvalue weighted by atomic mass is 10.2. The number of ether oxygens (including phenoxy) is 3. The van der Waals surface area contributed by atoms with Gasteiger partial charge in [0, 0.05) is 6.61 Å². The van der Waals surface area contributed by atoms with Crippen molar-refractivity contribution in [2.75, 3.05) is 19.8 Å². The van der Waals surface area contributed by atoms with E-state index in [9.17, 15) is 0 Å². The van der Waals surface area contributed by atoms with Gasteiger partial charge in [-0.05, 0) is 43.9 Å². The van der Waals surface area contributed by atoms with Gasteiger partial charge in [0.1, 0.15) is 12.4 Å². The van der Waals surface area contributed by atoms with Crippen LogP contribution in [0.2, 0.25) is 0 Å². The summed E-state index contributed by atoms with van der Waals surface area (Å²) in [5, 5.41) is 0. The van der Waals surface area contributed by atoms with Gasteiger partial charge in [-0.1, -0.05) is 12.1 Å². The summed E-state index contributed by atoms with van der Waals surface area (Å²) in [7, 11) is 0. The molecule has 2 rings (SSSR count). The first-order valence-electron chi connectivity index (χ1n) is 6.12. The lowest BCUT2D eigenvalue weighted by Crippen LogP contribution is -2.24. The van der Waals surface area contributed by atoms with E-state index in [4.69, 9.17) is 14.2 Å². The summed E-state index contributed by atoms with van der Waals surface area (Å²) in [4.78, 5) is 0. The van der Waals surface area contributed by atoms with Crippen molar-refractivity contribution in [3.63, 3.8) is 0 Å². The van der Waals surface area contributed by atoms with Crippen LogP contribution < -0.4 is 4.74 Å². The molecule has 0 aromatic heterocycles. The molecule has 1 unspecified atom stereocenters. The molecule has 3 heteroatoms. The average molecular weight is 235 g/mol. The third-order valence-corrected chi connectivity index (χ3v) is 2.69. The van der Waals surface area contributed by atoms with Gasteiger partial charge in [-0.3, -0.25) is 0 Å². The molecule has 1 aliphatic heterocycles. The van der Waals surface area contributed by atoms with Crippen LogP contribution in [0.15, 0.2) is 24.3 Å². The summed E-state index contributed by atoms with van der Waals surface area (Å²) in [5.74, 6) is 0.839. The van der Waals surface area contributed by atoms with Gasteiger partial charge in [-0.2, -0.15) is 0 Å². The zero-order valence-electron chi connectivity index (χ0n) is 10.1. The maximum absolute atomic E-state index is 5.57. The van der Waals surface area contributed by atoms with Crippen LogP contribution >= 0.6 is 0 Å². The molecular weight excluding hydrogens is 216 g/mol. The molecule has 93 valence electrons. The van der Waals surface area contributed by atoms with E-state index in [-0.39, 0.29) is 6.29 Å². The van der Waals surface area contributed by atoms with E-state index < -0.39 is 0 Å². The molecule has 1 radical (unpaired) electrons. The zero-order chi connectivity index (χ0) is 11.9. The second kappa shape index (κ2) is 6.62. The first-order valence-corrected chi connectivity index (χ1v) is 6.12. The maximum atomic E-state index is 5.57. The van der Waals surface area contributed by atoms with Gasteiger partial charge in [0.05, 0.1) is 6.61 Å². The van der Waals surface area contributed by atoms with E-state index in [1.54, 1.807) is 0 Å². The molecule has 0 saturated carbocycles. The van der Waals surface area contributed by atoms with Crippen LogP contribution in [0, 0.1) is 6.92 Å². The molecule has 0 N–H and O–H groups in total. The Kier molecular flexibility index (Phi) is 4.83. The van der Waals surface area contributed by atoms with Crippen molar-refractivity contribution in [3.05, 3.63) is 36.8 Å². The first-order chi connectivity index (χ1) is 8.34. The van der Waals surface area contributed by atoms with Gasteiger partial charge in [0.15, 0.2) is 6.29 Å². The monoisotopic (exact) mass is 235 g/mol. The highest BCUT2D eigenvalue weighted by Gasteiger charge is 2.13. The minimum Gasteiger partial charge on any atom is -0.491 e. The number of hydrogen-bond acceptors (Lipinski definition) is 3. The van der Waals surface area contributed by atoms with E-state index in [0.29, 0.717) is 13.2 Å². The van der Waals surface area contributed by atoms with Crippen LogP contribution in [-0.4, -0.2) is 26.1 Å². The van der Waals surface area contributed by atoms with Gasteiger partial charge >= 0.3 is 0 Å². The van der Waals surface area contributed by atoms with Gasteiger partial charge in [-0.25, -0.2) is 0 Å². The Morgan fingerprint density at radius 1 is 1.29 bits per heavy atom. The van der Waals surface area contributed by atoms with E-state index in [0.717, 1.165) is 30.8 Å². The molecular formula is C14H19O3. The van der Waals surface area contributed by atoms with Crippen LogP contribution in [0.1, 0.15) is 24.8 Å². The van der Waals surface area contributed by atoms with Gasteiger partial charge in [0.25, 0.3) is 0 Å². The van der Waals surface area contributed by atoms with Crippen LogP contribution in [0.3, 0.4) is 0 Å². The molecule has 0 bridgehead atoms. The Morgan fingerprint density at radius 2 is 2.24 bits per heavy atom. The molecule has 3 nitrogen and oxygen atoms in total. The third kappa shape index (κ3) is 4.36. The minimum atomic E-state index is -0.0356. The molecule has 1 atom stereocenters. The van der Waals surface area contributed by atoms with E-state index in [1.165, 1.54) is 6.42 Å². The number of rotatable bonds is 5. The molecule has 0 amide bonds. The smallest absolute Gasteiger partial charge is 0.157 e. The van der Waals surface area contributed by atoms with Crippen LogP contribution in [0.4, 0.5) is 0 Å². The minimum absolute atomic E-state index is 0.0356. The van der Waals surface area contributed by atoms with E-state index >= 15 is 0 Å². The van der Waals surface area contributed by atoms with Crippen molar-refractivity contribution in [1.29, 1.82) is 0 Å². The predicted octanol–water partition coefficient (Wildman–Crippen LogP) is 2.79. The van der Waals surface area contributed by atoms with Crippen molar-refractivity contribution in [2.45, 2.75) is 25.6 Å². The Labute approximate surface area is 103 Å². The summed E-state index contributed by atoms with van der Waals surface area (Å²) in [6, 6.07) is 7.71. The van der Waals surface area contributed by atoms with Crippen molar-refractivity contribution in [1.82, 2.24) is 0 Å². The molecule has 1 fully saturated rings. The third-order valence-electron chi connectivity index (χ3n) is 2.69. The topological polar surface area (TPSA) is 27.7 Å². The SMILES string of the molecule is [CH2]c1cccc(OCCOC2CCCCO2)c1. The molecule has 1 heterocycles. The summed E-state index contributed by atoms with van der Waals surface area (Å²) in [6.45, 7) is 5.77. The Morgan fingerprint density at radius 3 is 3.00 bits per heavy atom. The van der Waals surface area contributed by atoms with Crippen LogP contribution in [0.5, 0.6) is 5.75 Å². The maximum Gasteiger partial charge on any atom is 0.157 e. The van der Waals surface area contributed by atoms with Crippen LogP contribution in [-0.2, 0) is 9.47 Å². The second-order valence-electron chi connectivity index (χ2n) is 4.16. The fraction of sp³-hybridized carbons (Fsp3) is 0.500. The molecule has 1 saturated heterocycles. The predicted molar refractivity (Wildman–Crippen MR) is 65.9 cm³/mol. The Bertz CT molecular complexity index is 332.